The van der Waals surface area contributed by atoms with Crippen LogP contribution in [0.1, 0.15) is 54.0 Å². The SMILES string of the molecule is Cc1nc(C(=O)N2CCC3(CCC(C(=O)N4CCCC4)O3)CC2)cs1. The Labute approximate surface area is 152 Å². The highest BCUT2D eigenvalue weighted by Gasteiger charge is 2.46. The molecule has 3 aliphatic rings. The van der Waals surface area contributed by atoms with Crippen LogP contribution in [-0.2, 0) is 9.53 Å². The van der Waals surface area contributed by atoms with E-state index in [1.165, 1.54) is 11.3 Å². The number of amides is 2. The van der Waals surface area contributed by atoms with Crippen LogP contribution in [0.15, 0.2) is 5.38 Å². The normalized spacial score (nSPS) is 25.7. The monoisotopic (exact) mass is 363 g/mol. The number of carbonyl (C=O) groups is 2. The van der Waals surface area contributed by atoms with Gasteiger partial charge in [-0.25, -0.2) is 4.98 Å². The summed E-state index contributed by atoms with van der Waals surface area (Å²) in [5.74, 6) is 0.188. The average Bonchev–Trinajstić information content (AvgIpc) is 3.36. The molecule has 25 heavy (non-hydrogen) atoms. The van der Waals surface area contributed by atoms with Crippen LogP contribution in [0.2, 0.25) is 0 Å². The number of hydrogen-bond acceptors (Lipinski definition) is 5. The summed E-state index contributed by atoms with van der Waals surface area (Å²) in [6, 6.07) is 0. The Morgan fingerprint density at radius 3 is 2.52 bits per heavy atom. The number of carbonyl (C=O) groups excluding carboxylic acids is 2. The number of likely N-dealkylation sites (tertiary alicyclic amines) is 2. The van der Waals surface area contributed by atoms with Crippen LogP contribution in [0.3, 0.4) is 0 Å². The molecule has 1 spiro atoms. The quantitative estimate of drug-likeness (QED) is 0.808. The highest BCUT2D eigenvalue weighted by atomic mass is 32.1. The topological polar surface area (TPSA) is 62.7 Å². The molecule has 0 bridgehead atoms. The van der Waals surface area contributed by atoms with Gasteiger partial charge in [0.05, 0.1) is 10.6 Å². The molecule has 4 heterocycles. The van der Waals surface area contributed by atoms with Crippen molar-refractivity contribution in [2.24, 2.45) is 0 Å². The minimum Gasteiger partial charge on any atom is -0.362 e. The van der Waals surface area contributed by atoms with Gasteiger partial charge in [0.1, 0.15) is 11.8 Å². The summed E-state index contributed by atoms with van der Waals surface area (Å²) in [4.78, 5) is 33.2. The van der Waals surface area contributed by atoms with Gasteiger partial charge in [-0.2, -0.15) is 0 Å². The Morgan fingerprint density at radius 2 is 1.88 bits per heavy atom. The molecule has 3 aliphatic heterocycles. The summed E-state index contributed by atoms with van der Waals surface area (Å²) in [5.41, 5.74) is 0.335. The number of thiazole rings is 1. The van der Waals surface area contributed by atoms with E-state index in [1.807, 2.05) is 22.1 Å². The van der Waals surface area contributed by atoms with Crippen LogP contribution < -0.4 is 0 Å². The van der Waals surface area contributed by atoms with E-state index in [4.69, 9.17) is 4.74 Å². The fourth-order valence-electron chi connectivity index (χ4n) is 4.24. The van der Waals surface area contributed by atoms with Gasteiger partial charge in [-0.1, -0.05) is 0 Å². The largest absolute Gasteiger partial charge is 0.362 e. The van der Waals surface area contributed by atoms with Crippen LogP contribution in [-0.4, -0.2) is 64.5 Å². The number of nitrogens with zero attached hydrogens (tertiary/aromatic N) is 3. The minimum atomic E-state index is -0.276. The standard InChI is InChI=1S/C18H25N3O3S/c1-13-19-14(12-25-13)16(22)21-10-6-18(7-11-21)5-4-15(24-18)17(23)20-8-2-3-9-20/h12,15H,2-11H2,1H3. The molecule has 0 aliphatic carbocycles. The molecule has 1 aromatic rings. The average molecular weight is 363 g/mol. The molecule has 1 atom stereocenters. The smallest absolute Gasteiger partial charge is 0.273 e. The lowest BCUT2D eigenvalue weighted by molar-refractivity contribution is -0.149. The van der Waals surface area contributed by atoms with Crippen molar-refractivity contribution < 1.29 is 14.3 Å². The number of ether oxygens (including phenoxy) is 1. The molecule has 3 fully saturated rings. The summed E-state index contributed by atoms with van der Waals surface area (Å²) >= 11 is 1.51. The fraction of sp³-hybridized carbons (Fsp3) is 0.722. The van der Waals surface area contributed by atoms with Crippen LogP contribution in [0.5, 0.6) is 0 Å². The first kappa shape index (κ1) is 17.0. The predicted octanol–water partition coefficient (Wildman–Crippen LogP) is 2.23. The zero-order valence-corrected chi connectivity index (χ0v) is 15.5. The molecule has 136 valence electrons. The number of aromatic nitrogens is 1. The van der Waals surface area contributed by atoms with Gasteiger partial charge >= 0.3 is 0 Å². The Balaban J connectivity index is 1.34. The minimum absolute atomic E-state index is 0.0156. The molecule has 0 N–H and O–H groups in total. The molecule has 0 saturated carbocycles. The van der Waals surface area contributed by atoms with E-state index in [2.05, 4.69) is 4.98 Å². The van der Waals surface area contributed by atoms with Gasteiger partial charge in [-0.15, -0.1) is 11.3 Å². The zero-order chi connectivity index (χ0) is 17.4. The molecule has 0 radical (unpaired) electrons. The van der Waals surface area contributed by atoms with Crippen LogP contribution in [0.25, 0.3) is 0 Å². The molecule has 3 saturated heterocycles. The third-order valence-electron chi connectivity index (χ3n) is 5.75. The van der Waals surface area contributed by atoms with Crippen LogP contribution in [0, 0.1) is 6.92 Å². The molecular formula is C18H25N3O3S. The van der Waals surface area contributed by atoms with Crippen molar-refractivity contribution in [2.75, 3.05) is 26.2 Å². The van der Waals surface area contributed by atoms with Crippen molar-refractivity contribution in [1.82, 2.24) is 14.8 Å². The molecule has 0 aromatic carbocycles. The van der Waals surface area contributed by atoms with E-state index in [0.717, 1.165) is 56.6 Å². The first-order valence-electron chi connectivity index (χ1n) is 9.24. The van der Waals surface area contributed by atoms with Crippen LogP contribution in [0.4, 0.5) is 0 Å². The summed E-state index contributed by atoms with van der Waals surface area (Å²) in [6.45, 7) is 5.03. The molecule has 7 heteroatoms. The van der Waals surface area contributed by atoms with Crippen LogP contribution >= 0.6 is 11.3 Å². The first-order valence-corrected chi connectivity index (χ1v) is 10.1. The van der Waals surface area contributed by atoms with E-state index in [9.17, 15) is 9.59 Å². The summed E-state index contributed by atoms with van der Waals surface area (Å²) < 4.78 is 6.26. The van der Waals surface area contributed by atoms with Crippen molar-refractivity contribution >= 4 is 23.2 Å². The molecule has 1 aromatic heterocycles. The summed E-state index contributed by atoms with van der Waals surface area (Å²) in [7, 11) is 0. The van der Waals surface area contributed by atoms with Crippen molar-refractivity contribution in [3.8, 4) is 0 Å². The Morgan fingerprint density at radius 1 is 1.16 bits per heavy atom. The molecule has 1 unspecified atom stereocenters. The van der Waals surface area contributed by atoms with Gasteiger partial charge in [0.2, 0.25) is 0 Å². The number of rotatable bonds is 2. The van der Waals surface area contributed by atoms with Crippen molar-refractivity contribution in [3.05, 3.63) is 16.1 Å². The lowest BCUT2D eigenvalue weighted by atomic mass is 9.88. The third kappa shape index (κ3) is 3.31. The second kappa shape index (κ2) is 6.68. The van der Waals surface area contributed by atoms with Crippen molar-refractivity contribution in [3.63, 3.8) is 0 Å². The molecule has 6 nitrogen and oxygen atoms in total. The van der Waals surface area contributed by atoms with E-state index >= 15 is 0 Å². The maximum Gasteiger partial charge on any atom is 0.273 e. The highest BCUT2D eigenvalue weighted by Crippen LogP contribution is 2.39. The fourth-order valence-corrected chi connectivity index (χ4v) is 4.82. The van der Waals surface area contributed by atoms with Gasteiger partial charge < -0.3 is 14.5 Å². The predicted molar refractivity (Wildman–Crippen MR) is 94.6 cm³/mol. The van der Waals surface area contributed by atoms with E-state index < -0.39 is 0 Å². The Kier molecular flexibility index (Phi) is 4.54. The van der Waals surface area contributed by atoms with E-state index in [0.29, 0.717) is 18.8 Å². The number of hydrogen-bond donors (Lipinski definition) is 0. The van der Waals surface area contributed by atoms with E-state index in [1.54, 1.807) is 0 Å². The van der Waals surface area contributed by atoms with Gasteiger partial charge in [0.25, 0.3) is 11.8 Å². The lowest BCUT2D eigenvalue weighted by Crippen LogP contribution is -2.47. The molecule has 2 amide bonds. The Bertz CT molecular complexity index is 660. The highest BCUT2D eigenvalue weighted by molar-refractivity contribution is 7.09. The lowest BCUT2D eigenvalue weighted by Gasteiger charge is -2.39. The Hall–Kier alpha value is -1.47. The first-order chi connectivity index (χ1) is 12.1. The van der Waals surface area contributed by atoms with Crippen molar-refractivity contribution in [1.29, 1.82) is 0 Å². The van der Waals surface area contributed by atoms with Gasteiger partial charge in [0.15, 0.2) is 0 Å². The maximum absolute atomic E-state index is 12.6. The van der Waals surface area contributed by atoms with Crippen molar-refractivity contribution in [2.45, 2.75) is 57.2 Å². The summed E-state index contributed by atoms with van der Waals surface area (Å²) in [5, 5.41) is 2.75. The molecular weight excluding hydrogens is 338 g/mol. The third-order valence-corrected chi connectivity index (χ3v) is 6.52. The van der Waals surface area contributed by atoms with Gasteiger partial charge in [-0.3, -0.25) is 9.59 Å². The van der Waals surface area contributed by atoms with Gasteiger partial charge in [0, 0.05) is 31.6 Å². The number of piperidine rings is 1. The molecule has 4 rings (SSSR count). The second-order valence-electron chi connectivity index (χ2n) is 7.40. The van der Waals surface area contributed by atoms with Gasteiger partial charge in [-0.05, 0) is 45.4 Å². The number of aryl methyl sites for hydroxylation is 1. The second-order valence-corrected chi connectivity index (χ2v) is 8.47. The van der Waals surface area contributed by atoms with E-state index in [-0.39, 0.29) is 23.5 Å². The summed E-state index contributed by atoms with van der Waals surface area (Å²) in [6.07, 6.45) is 5.30. The zero-order valence-electron chi connectivity index (χ0n) is 14.7. The maximum atomic E-state index is 12.6.